The van der Waals surface area contributed by atoms with E-state index in [0.29, 0.717) is 19.6 Å². The predicted molar refractivity (Wildman–Crippen MR) is 53.3 cm³/mol. The number of hydrogen-bond donors (Lipinski definition) is 1. The second kappa shape index (κ2) is 5.23. The van der Waals surface area contributed by atoms with Gasteiger partial charge in [-0.25, -0.2) is 0 Å². The van der Waals surface area contributed by atoms with E-state index in [1.807, 2.05) is 24.3 Å². The molecule has 0 fully saturated rings. The van der Waals surface area contributed by atoms with Gasteiger partial charge in [0.2, 0.25) is 0 Å². The minimum Gasteiger partial charge on any atom is -0.492 e. The first-order valence-electron chi connectivity index (χ1n) is 4.22. The van der Waals surface area contributed by atoms with E-state index in [2.05, 4.69) is 5.92 Å². The molecule has 0 spiro atoms. The van der Waals surface area contributed by atoms with Crippen LogP contribution < -0.4 is 10.5 Å². The van der Waals surface area contributed by atoms with Crippen LogP contribution in [0.5, 0.6) is 5.75 Å². The highest BCUT2D eigenvalue weighted by molar-refractivity contribution is 5.32. The van der Waals surface area contributed by atoms with Gasteiger partial charge in [0.25, 0.3) is 0 Å². The fourth-order valence-corrected chi connectivity index (χ4v) is 1.03. The Balaban J connectivity index is 2.60. The van der Waals surface area contributed by atoms with E-state index in [9.17, 15) is 0 Å². The van der Waals surface area contributed by atoms with Gasteiger partial charge in [0.1, 0.15) is 5.75 Å². The van der Waals surface area contributed by atoms with Gasteiger partial charge in [-0.3, -0.25) is 0 Å². The number of ether oxygens (including phenoxy) is 1. The molecule has 2 N–H and O–H groups in total. The van der Waals surface area contributed by atoms with E-state index in [1.165, 1.54) is 0 Å². The second-order valence-electron chi connectivity index (χ2n) is 2.61. The van der Waals surface area contributed by atoms with Crippen molar-refractivity contribution in [3.8, 4) is 18.1 Å². The maximum Gasteiger partial charge on any atom is 0.123 e. The van der Waals surface area contributed by atoms with Crippen LogP contribution in [0.2, 0.25) is 0 Å². The Morgan fingerprint density at radius 2 is 2.15 bits per heavy atom. The highest BCUT2D eigenvalue weighted by atomic mass is 16.5. The lowest BCUT2D eigenvalue weighted by atomic mass is 10.2. The molecule has 1 aromatic rings. The first kappa shape index (κ1) is 9.63. The molecule has 0 saturated carbocycles. The van der Waals surface area contributed by atoms with E-state index >= 15 is 0 Å². The molecule has 0 atom stereocenters. The second-order valence-corrected chi connectivity index (χ2v) is 2.61. The van der Waals surface area contributed by atoms with Crippen LogP contribution in [0.1, 0.15) is 12.0 Å². The molecule has 0 aliphatic rings. The Morgan fingerprint density at radius 3 is 2.85 bits per heavy atom. The van der Waals surface area contributed by atoms with Crippen LogP contribution in [0.3, 0.4) is 0 Å². The summed E-state index contributed by atoms with van der Waals surface area (Å²) in [5, 5.41) is 0. The van der Waals surface area contributed by atoms with Crippen LogP contribution in [0.4, 0.5) is 0 Å². The number of nitrogens with two attached hydrogens (primary N) is 1. The Bertz CT molecular complexity index is 301. The summed E-state index contributed by atoms with van der Waals surface area (Å²) in [5.41, 5.74) is 6.55. The van der Waals surface area contributed by atoms with E-state index < -0.39 is 0 Å². The molecule has 0 radical (unpaired) electrons. The van der Waals surface area contributed by atoms with Gasteiger partial charge in [-0.15, -0.1) is 12.3 Å². The van der Waals surface area contributed by atoms with Crippen molar-refractivity contribution in [2.75, 3.05) is 6.61 Å². The lowest BCUT2D eigenvalue weighted by molar-refractivity contribution is 0.324. The number of terminal acetylenes is 1. The fourth-order valence-electron chi connectivity index (χ4n) is 1.03. The van der Waals surface area contributed by atoms with Gasteiger partial charge < -0.3 is 10.5 Å². The third-order valence-corrected chi connectivity index (χ3v) is 1.70. The van der Waals surface area contributed by atoms with E-state index in [4.69, 9.17) is 16.9 Å². The van der Waals surface area contributed by atoms with Crippen LogP contribution in [0.25, 0.3) is 0 Å². The molecule has 2 heteroatoms. The number of rotatable bonds is 4. The zero-order valence-corrected chi connectivity index (χ0v) is 7.49. The summed E-state index contributed by atoms with van der Waals surface area (Å²) < 4.78 is 5.45. The van der Waals surface area contributed by atoms with Crippen LogP contribution in [-0.4, -0.2) is 6.61 Å². The molecule has 0 bridgehead atoms. The molecule has 0 unspecified atom stereocenters. The Hall–Kier alpha value is -1.46. The third-order valence-electron chi connectivity index (χ3n) is 1.70. The zero-order valence-electron chi connectivity index (χ0n) is 7.49. The first-order chi connectivity index (χ1) is 6.38. The van der Waals surface area contributed by atoms with E-state index in [1.54, 1.807) is 0 Å². The molecule has 0 aliphatic heterocycles. The lowest BCUT2D eigenvalue weighted by Crippen LogP contribution is -2.02. The molecule has 13 heavy (non-hydrogen) atoms. The molecule has 0 aliphatic carbocycles. The Labute approximate surface area is 78.7 Å². The van der Waals surface area contributed by atoms with Crippen molar-refractivity contribution in [2.45, 2.75) is 13.0 Å². The third kappa shape index (κ3) is 2.81. The maximum absolute atomic E-state index is 5.53. The normalized spacial score (nSPS) is 9.23. The van der Waals surface area contributed by atoms with Gasteiger partial charge in [-0.1, -0.05) is 18.2 Å². The predicted octanol–water partition coefficient (Wildman–Crippen LogP) is 1.55. The van der Waals surface area contributed by atoms with Crippen LogP contribution in [0, 0.1) is 12.3 Å². The molecule has 1 rings (SSSR count). The molecule has 0 aromatic heterocycles. The SMILES string of the molecule is C#CCCOc1ccccc1CN. The van der Waals surface area contributed by atoms with Crippen molar-refractivity contribution < 1.29 is 4.74 Å². The molecule has 0 heterocycles. The van der Waals surface area contributed by atoms with Gasteiger partial charge >= 0.3 is 0 Å². The fraction of sp³-hybridized carbons (Fsp3) is 0.273. The molecular weight excluding hydrogens is 162 g/mol. The van der Waals surface area contributed by atoms with Crippen molar-refractivity contribution in [1.29, 1.82) is 0 Å². The van der Waals surface area contributed by atoms with Crippen molar-refractivity contribution in [2.24, 2.45) is 5.73 Å². The van der Waals surface area contributed by atoms with E-state index in [0.717, 1.165) is 11.3 Å². The largest absolute Gasteiger partial charge is 0.492 e. The van der Waals surface area contributed by atoms with Crippen molar-refractivity contribution in [1.82, 2.24) is 0 Å². The maximum atomic E-state index is 5.53. The van der Waals surface area contributed by atoms with Crippen LogP contribution in [0.15, 0.2) is 24.3 Å². The summed E-state index contributed by atoms with van der Waals surface area (Å²) in [5.74, 6) is 3.35. The topological polar surface area (TPSA) is 35.2 Å². The summed E-state index contributed by atoms with van der Waals surface area (Å²) in [7, 11) is 0. The Morgan fingerprint density at radius 1 is 1.38 bits per heavy atom. The smallest absolute Gasteiger partial charge is 0.123 e. The van der Waals surface area contributed by atoms with E-state index in [-0.39, 0.29) is 0 Å². The van der Waals surface area contributed by atoms with Gasteiger partial charge in [-0.2, -0.15) is 0 Å². The summed E-state index contributed by atoms with van der Waals surface area (Å²) in [4.78, 5) is 0. The number of para-hydroxylation sites is 1. The minimum absolute atomic E-state index is 0.492. The van der Waals surface area contributed by atoms with Crippen molar-refractivity contribution in [3.63, 3.8) is 0 Å². The lowest BCUT2D eigenvalue weighted by Gasteiger charge is -2.08. The highest BCUT2D eigenvalue weighted by Crippen LogP contribution is 2.16. The van der Waals surface area contributed by atoms with Crippen molar-refractivity contribution >= 4 is 0 Å². The first-order valence-corrected chi connectivity index (χ1v) is 4.22. The summed E-state index contributed by atoms with van der Waals surface area (Å²) in [6.07, 6.45) is 5.73. The number of hydrogen-bond acceptors (Lipinski definition) is 2. The summed E-state index contributed by atoms with van der Waals surface area (Å²) in [6, 6.07) is 7.71. The molecule has 1 aromatic carbocycles. The molecule has 68 valence electrons. The quantitative estimate of drug-likeness (QED) is 0.556. The highest BCUT2D eigenvalue weighted by Gasteiger charge is 1.98. The van der Waals surface area contributed by atoms with Crippen molar-refractivity contribution in [3.05, 3.63) is 29.8 Å². The van der Waals surface area contributed by atoms with Crippen LogP contribution in [-0.2, 0) is 6.54 Å². The van der Waals surface area contributed by atoms with Gasteiger partial charge in [0, 0.05) is 18.5 Å². The zero-order chi connectivity index (χ0) is 9.52. The summed E-state index contributed by atoms with van der Waals surface area (Å²) in [6.45, 7) is 1.04. The Kier molecular flexibility index (Phi) is 3.87. The number of benzene rings is 1. The molecular formula is C11H13NO. The van der Waals surface area contributed by atoms with Crippen LogP contribution >= 0.6 is 0 Å². The van der Waals surface area contributed by atoms with Gasteiger partial charge in [0.05, 0.1) is 6.61 Å². The molecule has 2 nitrogen and oxygen atoms in total. The molecule has 0 saturated heterocycles. The monoisotopic (exact) mass is 175 g/mol. The standard InChI is InChI=1S/C11H13NO/c1-2-3-8-13-11-7-5-4-6-10(11)9-12/h1,4-7H,3,8-9,12H2. The minimum atomic E-state index is 0.492. The van der Waals surface area contributed by atoms with Gasteiger partial charge in [-0.05, 0) is 6.07 Å². The summed E-state index contributed by atoms with van der Waals surface area (Å²) >= 11 is 0. The average molecular weight is 175 g/mol. The van der Waals surface area contributed by atoms with Gasteiger partial charge in [0.15, 0.2) is 0 Å². The average Bonchev–Trinajstić information content (AvgIpc) is 2.19. The molecule has 0 amide bonds.